The maximum absolute atomic E-state index is 14.2. The van der Waals surface area contributed by atoms with E-state index >= 15 is 0 Å². The largest absolute Gasteiger partial charge is 0.490 e. The van der Waals surface area contributed by atoms with Crippen LogP contribution in [0.5, 0.6) is 5.75 Å². The summed E-state index contributed by atoms with van der Waals surface area (Å²) < 4.78 is 35.6. The summed E-state index contributed by atoms with van der Waals surface area (Å²) >= 11 is 6.59. The van der Waals surface area contributed by atoms with Crippen LogP contribution >= 0.6 is 11.6 Å². The zero-order valence-corrected chi connectivity index (χ0v) is 18.9. The number of rotatable bonds is 4. The molecule has 176 valence electrons. The van der Waals surface area contributed by atoms with Crippen LogP contribution < -0.4 is 4.74 Å². The van der Waals surface area contributed by atoms with Gasteiger partial charge in [-0.05, 0) is 35.5 Å². The molecule has 4 heterocycles. The van der Waals surface area contributed by atoms with Crippen molar-refractivity contribution in [2.24, 2.45) is 0 Å². The monoisotopic (exact) mass is 494 g/mol. The van der Waals surface area contributed by atoms with Crippen LogP contribution in [0.2, 0.25) is 5.02 Å². The van der Waals surface area contributed by atoms with Crippen LogP contribution in [0.25, 0.3) is 28.2 Å². The minimum atomic E-state index is -0.881. The van der Waals surface area contributed by atoms with E-state index in [9.17, 15) is 8.78 Å². The summed E-state index contributed by atoms with van der Waals surface area (Å²) in [5, 5.41) is 14.3. The third-order valence-electron chi connectivity index (χ3n) is 5.85. The van der Waals surface area contributed by atoms with Crippen LogP contribution in [0.15, 0.2) is 48.9 Å². The Balaban J connectivity index is 1.29. The topological polar surface area (TPSA) is 97.6 Å². The fraction of sp³-hybridized carbons (Fsp3) is 0.174. The molecule has 1 aliphatic heterocycles. The zero-order chi connectivity index (χ0) is 23.9. The molecule has 35 heavy (non-hydrogen) atoms. The number of hydrogen-bond acceptors (Lipinski definition) is 7. The van der Waals surface area contributed by atoms with Crippen molar-refractivity contribution in [3.63, 3.8) is 0 Å². The van der Waals surface area contributed by atoms with Crippen molar-refractivity contribution in [1.82, 2.24) is 40.1 Å². The number of ether oxygens (including phenoxy) is 1. The second-order valence-corrected chi connectivity index (χ2v) is 8.51. The predicted octanol–water partition coefficient (Wildman–Crippen LogP) is 3.93. The number of hydrogen-bond donors (Lipinski definition) is 1. The van der Waals surface area contributed by atoms with Gasteiger partial charge in [-0.1, -0.05) is 11.6 Å². The SMILES string of the molecule is Fc1ccc2c(ccn2-c2cc(Cl)c3c(c2)CN(Cc2cnc(-c4nn[nH]n4)nc2)CCO3)c1F. The Labute approximate surface area is 202 Å². The van der Waals surface area contributed by atoms with Crippen molar-refractivity contribution in [2.75, 3.05) is 13.2 Å². The number of aromatic nitrogens is 7. The molecule has 1 N–H and O–H groups in total. The first kappa shape index (κ1) is 21.6. The van der Waals surface area contributed by atoms with E-state index in [1.165, 1.54) is 0 Å². The highest BCUT2D eigenvalue weighted by atomic mass is 35.5. The lowest BCUT2D eigenvalue weighted by Gasteiger charge is -2.19. The van der Waals surface area contributed by atoms with Crippen molar-refractivity contribution >= 4 is 22.5 Å². The quantitative estimate of drug-likeness (QED) is 0.404. The summed E-state index contributed by atoms with van der Waals surface area (Å²) in [6.07, 6.45) is 5.16. The minimum Gasteiger partial charge on any atom is -0.490 e. The average molecular weight is 495 g/mol. The van der Waals surface area contributed by atoms with E-state index in [1.807, 2.05) is 6.07 Å². The van der Waals surface area contributed by atoms with Crippen LogP contribution in [0.4, 0.5) is 8.78 Å². The first-order valence-electron chi connectivity index (χ1n) is 10.7. The van der Waals surface area contributed by atoms with Gasteiger partial charge in [0.1, 0.15) is 12.4 Å². The number of tetrazole rings is 1. The lowest BCUT2D eigenvalue weighted by Crippen LogP contribution is -2.25. The standard InChI is InChI=1S/C23H17ClF2N8O/c24-17-8-15(34-4-3-16-19(34)2-1-18(25)20(16)26)7-14-12-33(5-6-35-21(14)17)11-13-9-27-22(28-10-13)23-29-31-32-30-23/h1-4,7-10H,5-6,11-12H2,(H,29,30,31,32). The van der Waals surface area contributed by atoms with Crippen molar-refractivity contribution in [3.8, 4) is 23.1 Å². The van der Waals surface area contributed by atoms with Gasteiger partial charge in [0.05, 0.1) is 10.5 Å². The van der Waals surface area contributed by atoms with Crippen molar-refractivity contribution in [2.45, 2.75) is 13.1 Å². The van der Waals surface area contributed by atoms with Gasteiger partial charge in [0.25, 0.3) is 0 Å². The van der Waals surface area contributed by atoms with Crippen LogP contribution in [0, 0.1) is 11.6 Å². The second kappa shape index (κ2) is 8.67. The molecule has 0 fully saturated rings. The molecule has 0 unspecified atom stereocenters. The van der Waals surface area contributed by atoms with Crippen molar-refractivity contribution < 1.29 is 13.5 Å². The van der Waals surface area contributed by atoms with Crippen LogP contribution in [0.1, 0.15) is 11.1 Å². The van der Waals surface area contributed by atoms with E-state index in [4.69, 9.17) is 16.3 Å². The molecule has 1 aliphatic rings. The number of aromatic amines is 1. The molecule has 0 spiro atoms. The number of nitrogens with zero attached hydrogens (tertiary/aromatic N) is 7. The molecule has 9 nitrogen and oxygen atoms in total. The van der Waals surface area contributed by atoms with Crippen LogP contribution in [-0.4, -0.2) is 53.2 Å². The third-order valence-corrected chi connectivity index (χ3v) is 6.13. The molecule has 0 bridgehead atoms. The fourth-order valence-corrected chi connectivity index (χ4v) is 4.52. The highest BCUT2D eigenvalue weighted by Gasteiger charge is 2.21. The maximum Gasteiger partial charge on any atom is 0.241 e. The molecule has 3 aromatic heterocycles. The smallest absolute Gasteiger partial charge is 0.241 e. The molecule has 0 aliphatic carbocycles. The van der Waals surface area contributed by atoms with E-state index in [1.54, 1.807) is 41.4 Å². The van der Waals surface area contributed by atoms with E-state index in [0.29, 0.717) is 54.2 Å². The molecule has 2 aromatic carbocycles. The summed E-state index contributed by atoms with van der Waals surface area (Å²) in [5.41, 5.74) is 3.08. The highest BCUT2D eigenvalue weighted by Crippen LogP contribution is 2.36. The predicted molar refractivity (Wildman–Crippen MR) is 123 cm³/mol. The Morgan fingerprint density at radius 2 is 1.94 bits per heavy atom. The summed E-state index contributed by atoms with van der Waals surface area (Å²) in [6, 6.07) is 7.94. The number of halogens is 3. The van der Waals surface area contributed by atoms with E-state index < -0.39 is 11.6 Å². The molecule has 6 rings (SSSR count). The van der Waals surface area contributed by atoms with Gasteiger partial charge in [0.15, 0.2) is 11.6 Å². The van der Waals surface area contributed by atoms with Crippen LogP contribution in [0.3, 0.4) is 0 Å². The Bertz CT molecular complexity index is 1520. The molecule has 0 amide bonds. The summed E-state index contributed by atoms with van der Waals surface area (Å²) in [6.45, 7) is 2.29. The number of H-pyrrole nitrogens is 1. The van der Waals surface area contributed by atoms with Crippen molar-refractivity contribution in [1.29, 1.82) is 0 Å². The first-order chi connectivity index (χ1) is 17.1. The van der Waals surface area contributed by atoms with Gasteiger partial charge in [-0.3, -0.25) is 4.90 Å². The molecule has 0 atom stereocenters. The molecule has 5 aromatic rings. The molecule has 0 radical (unpaired) electrons. The molecule has 0 saturated carbocycles. The van der Waals surface area contributed by atoms with Gasteiger partial charge in [-0.15, -0.1) is 10.2 Å². The second-order valence-electron chi connectivity index (χ2n) is 8.11. The third kappa shape index (κ3) is 3.98. The van der Waals surface area contributed by atoms with Gasteiger partial charge in [-0.2, -0.15) is 5.21 Å². The Hall–Kier alpha value is -3.96. The Morgan fingerprint density at radius 3 is 2.74 bits per heavy atom. The van der Waals surface area contributed by atoms with Gasteiger partial charge in [0, 0.05) is 60.4 Å². The molecular formula is C23H17ClF2N8O. The maximum atomic E-state index is 14.2. The van der Waals surface area contributed by atoms with E-state index in [2.05, 4.69) is 35.5 Å². The molecular weight excluding hydrogens is 478 g/mol. The van der Waals surface area contributed by atoms with Crippen molar-refractivity contribution in [3.05, 3.63) is 76.7 Å². The zero-order valence-electron chi connectivity index (χ0n) is 18.1. The van der Waals surface area contributed by atoms with E-state index in [0.717, 1.165) is 22.9 Å². The number of fused-ring (bicyclic) bond motifs is 2. The van der Waals surface area contributed by atoms with Crippen LogP contribution in [-0.2, 0) is 13.1 Å². The Morgan fingerprint density at radius 1 is 1.09 bits per heavy atom. The highest BCUT2D eigenvalue weighted by molar-refractivity contribution is 6.32. The minimum absolute atomic E-state index is 0.207. The van der Waals surface area contributed by atoms with Gasteiger partial charge < -0.3 is 9.30 Å². The average Bonchev–Trinajstić information content (AvgIpc) is 3.50. The summed E-state index contributed by atoms with van der Waals surface area (Å²) in [7, 11) is 0. The fourth-order valence-electron chi connectivity index (χ4n) is 4.23. The van der Waals surface area contributed by atoms with Gasteiger partial charge >= 0.3 is 0 Å². The lowest BCUT2D eigenvalue weighted by molar-refractivity contribution is 0.219. The first-order valence-corrected chi connectivity index (χ1v) is 11.1. The normalized spacial score (nSPS) is 14.0. The van der Waals surface area contributed by atoms with Gasteiger partial charge in [-0.25, -0.2) is 18.7 Å². The Kier molecular flexibility index (Phi) is 5.34. The summed E-state index contributed by atoms with van der Waals surface area (Å²) in [4.78, 5) is 10.8. The molecule has 12 heteroatoms. The number of nitrogens with one attached hydrogen (secondary N) is 1. The van der Waals surface area contributed by atoms with E-state index in [-0.39, 0.29) is 5.39 Å². The van der Waals surface area contributed by atoms with Gasteiger partial charge in [0.2, 0.25) is 11.6 Å². The molecule has 0 saturated heterocycles. The lowest BCUT2D eigenvalue weighted by atomic mass is 10.1. The summed E-state index contributed by atoms with van der Waals surface area (Å²) in [5.74, 6) is -0.414. The number of benzene rings is 2.